The van der Waals surface area contributed by atoms with Crippen molar-refractivity contribution < 1.29 is 14.3 Å². The Labute approximate surface area is 174 Å². The first-order chi connectivity index (χ1) is 13.3. The van der Waals surface area contributed by atoms with E-state index in [-0.39, 0.29) is 16.7 Å². The van der Waals surface area contributed by atoms with Crippen molar-refractivity contribution in [1.29, 1.82) is 0 Å². The van der Waals surface area contributed by atoms with Gasteiger partial charge in [-0.15, -0.1) is 11.8 Å². The lowest BCUT2D eigenvalue weighted by Gasteiger charge is -2.47. The molecule has 2 heterocycles. The molecular weight excluding hydrogens is 372 g/mol. The maximum Gasteiger partial charge on any atom is 0.329 e. The predicted molar refractivity (Wildman–Crippen MR) is 114 cm³/mol. The maximum absolute atomic E-state index is 13.4. The molecule has 0 bridgehead atoms. The zero-order valence-corrected chi connectivity index (χ0v) is 19.0. The summed E-state index contributed by atoms with van der Waals surface area (Å²) in [6.45, 7) is 11.6. The van der Waals surface area contributed by atoms with Crippen molar-refractivity contribution in [3.05, 3.63) is 0 Å². The molecule has 0 aromatic rings. The van der Waals surface area contributed by atoms with Gasteiger partial charge in [-0.3, -0.25) is 9.69 Å². The fourth-order valence-electron chi connectivity index (χ4n) is 5.18. The lowest BCUT2D eigenvalue weighted by molar-refractivity contribution is -0.157. The molecule has 1 amide bonds. The number of piperidine rings is 1. The molecule has 2 saturated heterocycles. The molecule has 160 valence electrons. The van der Waals surface area contributed by atoms with Crippen LogP contribution in [0.25, 0.3) is 0 Å². The first kappa shape index (κ1) is 21.9. The smallest absolute Gasteiger partial charge is 0.329 e. The molecule has 0 N–H and O–H groups in total. The highest BCUT2D eigenvalue weighted by Gasteiger charge is 2.54. The second-order valence-electron chi connectivity index (χ2n) is 9.77. The van der Waals surface area contributed by atoms with Crippen LogP contribution in [0.1, 0.15) is 72.6 Å². The van der Waals surface area contributed by atoms with Crippen molar-refractivity contribution in [2.75, 3.05) is 32.0 Å². The molecular formula is C22H38N2O3S. The number of amides is 1. The molecule has 6 heteroatoms. The molecule has 0 aromatic heterocycles. The number of carbonyl (C=O) groups is 2. The average Bonchev–Trinajstić information content (AvgIpc) is 3.01. The van der Waals surface area contributed by atoms with E-state index in [0.717, 1.165) is 38.8 Å². The highest BCUT2D eigenvalue weighted by molar-refractivity contribution is 8.01. The molecule has 0 aromatic carbocycles. The number of hydrogen-bond donors (Lipinski definition) is 0. The number of carbonyl (C=O) groups excluding carboxylic acids is 2. The van der Waals surface area contributed by atoms with Crippen LogP contribution in [-0.2, 0) is 14.3 Å². The van der Waals surface area contributed by atoms with E-state index in [1.807, 2.05) is 23.6 Å². The molecule has 1 atom stereocenters. The fraction of sp³-hybridized carbons (Fsp3) is 0.909. The van der Waals surface area contributed by atoms with Gasteiger partial charge in [-0.2, -0.15) is 0 Å². The van der Waals surface area contributed by atoms with E-state index in [1.165, 1.54) is 19.3 Å². The van der Waals surface area contributed by atoms with Crippen LogP contribution in [0.4, 0.5) is 0 Å². The number of likely N-dealkylation sites (tertiary alicyclic amines) is 1. The minimum Gasteiger partial charge on any atom is -0.464 e. The normalized spacial score (nSPS) is 31.9. The van der Waals surface area contributed by atoms with Crippen LogP contribution >= 0.6 is 11.8 Å². The fourth-order valence-corrected chi connectivity index (χ4v) is 6.83. The van der Waals surface area contributed by atoms with E-state index in [0.29, 0.717) is 30.2 Å². The monoisotopic (exact) mass is 410 g/mol. The van der Waals surface area contributed by atoms with Gasteiger partial charge in [0.05, 0.1) is 18.0 Å². The van der Waals surface area contributed by atoms with E-state index >= 15 is 0 Å². The minimum absolute atomic E-state index is 0.124. The Balaban J connectivity index is 1.76. The third-order valence-electron chi connectivity index (χ3n) is 6.89. The molecule has 2 aliphatic heterocycles. The highest BCUT2D eigenvalue weighted by Crippen LogP contribution is 2.53. The van der Waals surface area contributed by atoms with Gasteiger partial charge >= 0.3 is 5.97 Å². The molecule has 3 rings (SSSR count). The van der Waals surface area contributed by atoms with E-state index in [2.05, 4.69) is 25.7 Å². The summed E-state index contributed by atoms with van der Waals surface area (Å²) < 4.78 is 5.35. The van der Waals surface area contributed by atoms with Gasteiger partial charge in [-0.25, -0.2) is 4.79 Å². The summed E-state index contributed by atoms with van der Waals surface area (Å²) in [5.74, 6) is 1.25. The minimum atomic E-state index is -0.423. The average molecular weight is 411 g/mol. The van der Waals surface area contributed by atoms with E-state index in [1.54, 1.807) is 0 Å². The van der Waals surface area contributed by atoms with Gasteiger partial charge in [0.15, 0.2) is 0 Å². The Morgan fingerprint density at radius 2 is 1.75 bits per heavy atom. The van der Waals surface area contributed by atoms with Crippen LogP contribution in [0.15, 0.2) is 0 Å². The molecule has 5 nitrogen and oxygen atoms in total. The maximum atomic E-state index is 13.4. The third-order valence-corrected chi connectivity index (χ3v) is 8.51. The Morgan fingerprint density at radius 3 is 2.32 bits per heavy atom. The standard InChI is InChI=1S/C22H38N2O3S/c1-5-27-20(26)18-16-28-22(11-9-17(10-12-22)21(2,3)4)24(18)19(25)15-23-13-7-6-8-14-23/h17-18H,5-16H2,1-4H3. The largest absolute Gasteiger partial charge is 0.464 e. The number of ether oxygens (including phenoxy) is 1. The Hall–Kier alpha value is -0.750. The summed E-state index contributed by atoms with van der Waals surface area (Å²) in [6, 6.07) is -0.423. The summed E-state index contributed by atoms with van der Waals surface area (Å²) in [6.07, 6.45) is 7.82. The van der Waals surface area contributed by atoms with Gasteiger partial charge in [0, 0.05) is 5.75 Å². The summed E-state index contributed by atoms with van der Waals surface area (Å²) in [7, 11) is 0. The van der Waals surface area contributed by atoms with Crippen molar-refractivity contribution in [2.45, 2.75) is 83.6 Å². The SMILES string of the molecule is CCOC(=O)C1CSC2(CCC(C(C)(C)C)CC2)N1C(=O)CN1CCCCC1. The summed E-state index contributed by atoms with van der Waals surface area (Å²) in [4.78, 5) is 30.1. The molecule has 1 aliphatic carbocycles. The Bertz CT molecular complexity index is 561. The van der Waals surface area contributed by atoms with Crippen LogP contribution in [0, 0.1) is 11.3 Å². The zero-order chi connectivity index (χ0) is 20.4. The van der Waals surface area contributed by atoms with Gasteiger partial charge in [0.2, 0.25) is 5.91 Å². The number of nitrogens with zero attached hydrogens (tertiary/aromatic N) is 2. The molecule has 1 spiro atoms. The molecule has 28 heavy (non-hydrogen) atoms. The second kappa shape index (κ2) is 8.95. The number of rotatable bonds is 4. The summed E-state index contributed by atoms with van der Waals surface area (Å²) in [5, 5.41) is 0. The van der Waals surface area contributed by atoms with Crippen molar-refractivity contribution >= 4 is 23.6 Å². The van der Waals surface area contributed by atoms with Gasteiger partial charge in [0.25, 0.3) is 0 Å². The summed E-state index contributed by atoms with van der Waals surface area (Å²) >= 11 is 1.82. The molecule has 3 aliphatic rings. The molecule has 0 radical (unpaired) electrons. The quantitative estimate of drug-likeness (QED) is 0.658. The van der Waals surface area contributed by atoms with E-state index < -0.39 is 6.04 Å². The van der Waals surface area contributed by atoms with Crippen molar-refractivity contribution in [3.63, 3.8) is 0 Å². The first-order valence-corrected chi connectivity index (χ1v) is 12.1. The van der Waals surface area contributed by atoms with Gasteiger partial charge < -0.3 is 9.64 Å². The number of hydrogen-bond acceptors (Lipinski definition) is 5. The summed E-state index contributed by atoms with van der Waals surface area (Å²) in [5.41, 5.74) is 0.300. The molecule has 1 unspecified atom stereocenters. The van der Waals surface area contributed by atoms with Crippen LogP contribution in [0.5, 0.6) is 0 Å². The van der Waals surface area contributed by atoms with Crippen molar-refractivity contribution in [3.8, 4) is 0 Å². The highest BCUT2D eigenvalue weighted by atomic mass is 32.2. The number of esters is 1. The van der Waals surface area contributed by atoms with Crippen LogP contribution in [0.2, 0.25) is 0 Å². The lowest BCUT2D eigenvalue weighted by Crippen LogP contribution is -2.57. The first-order valence-electron chi connectivity index (χ1n) is 11.1. The van der Waals surface area contributed by atoms with Crippen LogP contribution < -0.4 is 0 Å². The zero-order valence-electron chi connectivity index (χ0n) is 18.2. The molecule has 1 saturated carbocycles. The Kier molecular flexibility index (Phi) is 7.01. The van der Waals surface area contributed by atoms with Gasteiger partial charge in [-0.05, 0) is 69.9 Å². The van der Waals surface area contributed by atoms with Crippen LogP contribution in [-0.4, -0.2) is 64.6 Å². The van der Waals surface area contributed by atoms with Crippen molar-refractivity contribution in [1.82, 2.24) is 9.80 Å². The second-order valence-corrected chi connectivity index (χ2v) is 11.1. The van der Waals surface area contributed by atoms with Gasteiger partial charge in [0.1, 0.15) is 6.04 Å². The topological polar surface area (TPSA) is 49.9 Å². The van der Waals surface area contributed by atoms with Crippen LogP contribution in [0.3, 0.4) is 0 Å². The Morgan fingerprint density at radius 1 is 1.11 bits per heavy atom. The van der Waals surface area contributed by atoms with E-state index in [9.17, 15) is 9.59 Å². The van der Waals surface area contributed by atoms with Crippen molar-refractivity contribution in [2.24, 2.45) is 11.3 Å². The third kappa shape index (κ3) is 4.69. The lowest BCUT2D eigenvalue weighted by atomic mass is 9.71. The van der Waals surface area contributed by atoms with E-state index in [4.69, 9.17) is 4.74 Å². The number of thioether (sulfide) groups is 1. The van der Waals surface area contributed by atoms with Gasteiger partial charge in [-0.1, -0.05) is 27.2 Å². The molecule has 3 fully saturated rings. The predicted octanol–water partition coefficient (Wildman–Crippen LogP) is 3.91.